The summed E-state index contributed by atoms with van der Waals surface area (Å²) in [7, 11) is 5.03. The van der Waals surface area contributed by atoms with Crippen LogP contribution in [-0.4, -0.2) is 42.9 Å². The summed E-state index contributed by atoms with van der Waals surface area (Å²) in [6, 6.07) is 2.76. The van der Waals surface area contributed by atoms with Gasteiger partial charge in [0.2, 0.25) is 5.91 Å². The Morgan fingerprint density at radius 3 is 2.09 bits per heavy atom. The number of nitrogens with zero attached hydrogens (tertiary/aromatic N) is 2. The number of carbonyl (C=O) groups excluding carboxylic acids is 1. The predicted molar refractivity (Wildman–Crippen MR) is 82.4 cm³/mol. The average Bonchev–Trinajstić information content (AvgIpc) is 3.19. The highest BCUT2D eigenvalue weighted by Crippen LogP contribution is 2.49. The van der Waals surface area contributed by atoms with Gasteiger partial charge in [0.05, 0.1) is 5.56 Å². The molecule has 0 saturated heterocycles. The molecule has 1 aliphatic rings. The number of rotatable bonds is 5. The number of likely N-dealkylation sites (N-methyl/N-ethyl adjacent to an activating group) is 2. The van der Waals surface area contributed by atoms with Gasteiger partial charge >= 0.3 is 0 Å². The first-order chi connectivity index (χ1) is 10.2. The van der Waals surface area contributed by atoms with Crippen LogP contribution in [0.15, 0.2) is 18.2 Å². The third-order valence-corrected chi connectivity index (χ3v) is 5.00. The van der Waals surface area contributed by atoms with Crippen molar-refractivity contribution in [2.45, 2.75) is 38.8 Å². The van der Waals surface area contributed by atoms with Gasteiger partial charge in [-0.25, -0.2) is 8.78 Å². The van der Waals surface area contributed by atoms with E-state index in [0.717, 1.165) is 12.8 Å². The summed E-state index contributed by atoms with van der Waals surface area (Å²) in [6.45, 7) is 4.13. The lowest BCUT2D eigenvalue weighted by molar-refractivity contribution is -0.138. The van der Waals surface area contributed by atoms with E-state index in [1.807, 2.05) is 6.92 Å². The van der Waals surface area contributed by atoms with Crippen LogP contribution in [0.3, 0.4) is 0 Å². The van der Waals surface area contributed by atoms with Gasteiger partial charge in [-0.1, -0.05) is 13.0 Å². The first-order valence-electron chi connectivity index (χ1n) is 7.56. The average molecular weight is 310 g/mol. The van der Waals surface area contributed by atoms with Crippen molar-refractivity contribution in [2.24, 2.45) is 5.41 Å². The molecule has 1 aliphatic carbocycles. The standard InChI is InChI=1S/C17H24F2N2O/c1-11(17(2)9-10-17)21(5)16(22)15(20(3)4)14-12(18)7-6-8-13(14)19/h6-8,11,15H,9-10H2,1-5H3. The van der Waals surface area contributed by atoms with Crippen LogP contribution in [0.2, 0.25) is 0 Å². The van der Waals surface area contributed by atoms with Crippen molar-refractivity contribution in [1.82, 2.24) is 9.80 Å². The third-order valence-electron chi connectivity index (χ3n) is 5.00. The van der Waals surface area contributed by atoms with Crippen molar-refractivity contribution >= 4 is 5.91 Å². The third kappa shape index (κ3) is 3.00. The molecule has 2 unspecified atom stereocenters. The fourth-order valence-corrected chi connectivity index (χ4v) is 2.84. The van der Waals surface area contributed by atoms with E-state index in [1.165, 1.54) is 18.2 Å². The molecule has 0 bridgehead atoms. The Hall–Kier alpha value is -1.49. The largest absolute Gasteiger partial charge is 0.341 e. The molecule has 1 amide bonds. The van der Waals surface area contributed by atoms with Gasteiger partial charge in [0, 0.05) is 13.1 Å². The summed E-state index contributed by atoms with van der Waals surface area (Å²) in [5, 5.41) is 0. The Labute approximate surface area is 130 Å². The Morgan fingerprint density at radius 1 is 1.18 bits per heavy atom. The maximum Gasteiger partial charge on any atom is 0.244 e. The first-order valence-corrected chi connectivity index (χ1v) is 7.56. The maximum absolute atomic E-state index is 14.1. The van der Waals surface area contributed by atoms with Crippen LogP contribution in [0, 0.1) is 17.0 Å². The zero-order valence-corrected chi connectivity index (χ0v) is 13.9. The SMILES string of the molecule is CC(N(C)C(=O)C(c1c(F)cccc1F)N(C)C)C1(C)CC1. The van der Waals surface area contributed by atoms with E-state index >= 15 is 0 Å². The molecule has 1 aromatic rings. The van der Waals surface area contributed by atoms with E-state index in [0.29, 0.717) is 0 Å². The zero-order valence-electron chi connectivity index (χ0n) is 13.9. The lowest BCUT2D eigenvalue weighted by atomic mass is 9.97. The molecule has 1 saturated carbocycles. The van der Waals surface area contributed by atoms with Crippen molar-refractivity contribution in [3.05, 3.63) is 35.4 Å². The van der Waals surface area contributed by atoms with Crippen LogP contribution in [0.4, 0.5) is 8.78 Å². The van der Waals surface area contributed by atoms with Crippen molar-refractivity contribution in [3.63, 3.8) is 0 Å². The number of benzene rings is 1. The van der Waals surface area contributed by atoms with Crippen LogP contribution in [0.5, 0.6) is 0 Å². The lowest BCUT2D eigenvalue weighted by Crippen LogP contribution is -2.46. The molecular formula is C17H24F2N2O. The summed E-state index contributed by atoms with van der Waals surface area (Å²) in [6.07, 6.45) is 2.15. The molecular weight excluding hydrogens is 286 g/mol. The molecule has 3 nitrogen and oxygen atoms in total. The molecule has 0 spiro atoms. The Morgan fingerprint density at radius 2 is 1.68 bits per heavy atom. The molecule has 0 radical (unpaired) electrons. The second-order valence-corrected chi connectivity index (χ2v) is 6.78. The minimum Gasteiger partial charge on any atom is -0.341 e. The number of carbonyl (C=O) groups is 1. The molecule has 1 fully saturated rings. The molecule has 0 aliphatic heterocycles. The summed E-state index contributed by atoms with van der Waals surface area (Å²) < 4.78 is 28.2. The molecule has 5 heteroatoms. The Bertz CT molecular complexity index is 550. The van der Waals surface area contributed by atoms with E-state index in [1.54, 1.807) is 30.9 Å². The van der Waals surface area contributed by atoms with E-state index in [4.69, 9.17) is 0 Å². The molecule has 2 atom stereocenters. The van der Waals surface area contributed by atoms with Gasteiger partial charge < -0.3 is 4.90 Å². The summed E-state index contributed by atoms with van der Waals surface area (Å²) in [5.41, 5.74) is -0.0628. The van der Waals surface area contributed by atoms with Crippen molar-refractivity contribution in [3.8, 4) is 0 Å². The minimum absolute atomic E-state index is 0.0392. The Balaban J connectivity index is 2.34. The van der Waals surface area contributed by atoms with Crippen LogP contribution < -0.4 is 0 Å². The van der Waals surface area contributed by atoms with Crippen LogP contribution in [0.25, 0.3) is 0 Å². The van der Waals surface area contributed by atoms with Crippen molar-refractivity contribution in [1.29, 1.82) is 0 Å². The lowest BCUT2D eigenvalue weighted by Gasteiger charge is -2.35. The van der Waals surface area contributed by atoms with E-state index in [-0.39, 0.29) is 22.9 Å². The van der Waals surface area contributed by atoms with Crippen LogP contribution >= 0.6 is 0 Å². The smallest absolute Gasteiger partial charge is 0.244 e. The summed E-state index contributed by atoms with van der Waals surface area (Å²) in [4.78, 5) is 16.0. The van der Waals surface area contributed by atoms with E-state index in [2.05, 4.69) is 6.92 Å². The van der Waals surface area contributed by atoms with Gasteiger partial charge in [-0.2, -0.15) is 0 Å². The van der Waals surface area contributed by atoms with Gasteiger partial charge in [0.25, 0.3) is 0 Å². The molecule has 122 valence electrons. The fraction of sp³-hybridized carbons (Fsp3) is 0.588. The van der Waals surface area contributed by atoms with E-state index in [9.17, 15) is 13.6 Å². The summed E-state index contributed by atoms with van der Waals surface area (Å²) >= 11 is 0. The minimum atomic E-state index is -0.962. The van der Waals surface area contributed by atoms with Gasteiger partial charge in [-0.3, -0.25) is 9.69 Å². The second-order valence-electron chi connectivity index (χ2n) is 6.78. The molecule has 2 rings (SSSR count). The molecule has 0 heterocycles. The number of amides is 1. The van der Waals surface area contributed by atoms with Gasteiger partial charge in [-0.05, 0) is 51.4 Å². The second kappa shape index (κ2) is 5.95. The number of hydrogen-bond donors (Lipinski definition) is 0. The van der Waals surface area contributed by atoms with Gasteiger partial charge in [-0.15, -0.1) is 0 Å². The molecule has 22 heavy (non-hydrogen) atoms. The Kier molecular flexibility index (Phi) is 4.57. The van der Waals surface area contributed by atoms with Gasteiger partial charge in [0.1, 0.15) is 17.7 Å². The molecule has 0 N–H and O–H groups in total. The van der Waals surface area contributed by atoms with Crippen LogP contribution in [-0.2, 0) is 4.79 Å². The van der Waals surface area contributed by atoms with Crippen LogP contribution in [0.1, 0.15) is 38.3 Å². The van der Waals surface area contributed by atoms with Gasteiger partial charge in [0.15, 0.2) is 0 Å². The zero-order chi connectivity index (χ0) is 16.7. The fourth-order valence-electron chi connectivity index (χ4n) is 2.84. The maximum atomic E-state index is 14.1. The first kappa shape index (κ1) is 16.9. The predicted octanol–water partition coefficient (Wildman–Crippen LogP) is 3.21. The number of halogens is 2. The normalized spacial score (nSPS) is 18.9. The van der Waals surface area contributed by atoms with E-state index < -0.39 is 17.7 Å². The summed E-state index contributed by atoms with van der Waals surface area (Å²) in [5.74, 6) is -1.66. The van der Waals surface area contributed by atoms with Crippen molar-refractivity contribution in [2.75, 3.05) is 21.1 Å². The highest BCUT2D eigenvalue weighted by molar-refractivity contribution is 5.83. The highest BCUT2D eigenvalue weighted by Gasteiger charge is 2.46. The van der Waals surface area contributed by atoms with Crippen molar-refractivity contribution < 1.29 is 13.6 Å². The monoisotopic (exact) mass is 310 g/mol. The quantitative estimate of drug-likeness (QED) is 0.834. The topological polar surface area (TPSA) is 23.6 Å². The molecule has 0 aromatic heterocycles. The number of hydrogen-bond acceptors (Lipinski definition) is 2. The molecule has 1 aromatic carbocycles. The highest BCUT2D eigenvalue weighted by atomic mass is 19.1.